The zero-order valence-electron chi connectivity index (χ0n) is 21.7. The van der Waals surface area contributed by atoms with Crippen LogP contribution in [0.5, 0.6) is 5.75 Å². The fourth-order valence-electron chi connectivity index (χ4n) is 6.26. The topological polar surface area (TPSA) is 28.9 Å². The molecule has 1 spiro atoms. The van der Waals surface area contributed by atoms with E-state index < -0.39 is 5.60 Å². The van der Waals surface area contributed by atoms with Gasteiger partial charge in [0.2, 0.25) is 0 Å². The van der Waals surface area contributed by atoms with E-state index >= 15 is 0 Å². The van der Waals surface area contributed by atoms with Crippen LogP contribution in [0.1, 0.15) is 30.5 Å². The first-order valence-corrected chi connectivity index (χ1v) is 13.1. The maximum atomic E-state index is 7.19. The predicted octanol–water partition coefficient (Wildman–Crippen LogP) is 7.68. The molecule has 5 aromatic rings. The van der Waals surface area contributed by atoms with E-state index in [1.807, 2.05) is 18.2 Å². The molecule has 4 aromatic carbocycles. The summed E-state index contributed by atoms with van der Waals surface area (Å²) >= 11 is 0. The minimum absolute atomic E-state index is 0.798. The minimum atomic E-state index is -0.798. The molecule has 0 saturated carbocycles. The van der Waals surface area contributed by atoms with E-state index in [0.717, 1.165) is 57.8 Å². The van der Waals surface area contributed by atoms with Crippen molar-refractivity contribution in [1.82, 2.24) is 0 Å². The van der Waals surface area contributed by atoms with Gasteiger partial charge in [-0.1, -0.05) is 42.5 Å². The Morgan fingerprint density at radius 3 is 2.08 bits per heavy atom. The van der Waals surface area contributed by atoms with Gasteiger partial charge in [-0.05, 0) is 67.4 Å². The summed E-state index contributed by atoms with van der Waals surface area (Å²) in [7, 11) is 4.18. The Morgan fingerprint density at radius 2 is 1.35 bits per heavy atom. The van der Waals surface area contributed by atoms with E-state index in [2.05, 4.69) is 104 Å². The average molecular weight is 487 g/mol. The fourth-order valence-corrected chi connectivity index (χ4v) is 6.26. The van der Waals surface area contributed by atoms with E-state index in [9.17, 15) is 0 Å². The van der Waals surface area contributed by atoms with Gasteiger partial charge in [0.15, 0.2) is 5.60 Å². The second kappa shape index (κ2) is 7.91. The maximum absolute atomic E-state index is 7.19. The first-order chi connectivity index (χ1) is 18.1. The third kappa shape index (κ3) is 2.90. The third-order valence-corrected chi connectivity index (χ3v) is 8.04. The first-order valence-electron chi connectivity index (χ1n) is 13.1. The Labute approximate surface area is 217 Å². The Bertz CT molecular complexity index is 1680. The van der Waals surface area contributed by atoms with E-state index in [0.29, 0.717) is 0 Å². The summed E-state index contributed by atoms with van der Waals surface area (Å²) in [6.07, 6.45) is 0. The lowest BCUT2D eigenvalue weighted by atomic mass is 9.79. The summed E-state index contributed by atoms with van der Waals surface area (Å²) in [5.74, 6) is 1.74. The molecule has 184 valence electrons. The van der Waals surface area contributed by atoms with E-state index in [-0.39, 0.29) is 0 Å². The van der Waals surface area contributed by atoms with Gasteiger partial charge < -0.3 is 19.0 Å². The van der Waals surface area contributed by atoms with Crippen molar-refractivity contribution >= 4 is 22.3 Å². The molecule has 0 fully saturated rings. The highest BCUT2D eigenvalue weighted by Crippen LogP contribution is 2.61. The van der Waals surface area contributed by atoms with Crippen LogP contribution in [0.25, 0.3) is 33.4 Å². The molecule has 0 amide bonds. The molecule has 4 nitrogen and oxygen atoms in total. The Kier molecular flexibility index (Phi) is 4.71. The van der Waals surface area contributed by atoms with Gasteiger partial charge in [0, 0.05) is 55.1 Å². The number of hydrogen-bond donors (Lipinski definition) is 0. The maximum Gasteiger partial charge on any atom is 0.190 e. The van der Waals surface area contributed by atoms with Crippen LogP contribution in [0.4, 0.5) is 11.4 Å². The number of hydrogen-bond acceptors (Lipinski definition) is 4. The van der Waals surface area contributed by atoms with Crippen LogP contribution < -0.4 is 14.5 Å². The number of ether oxygens (including phenoxy) is 1. The summed E-state index contributed by atoms with van der Waals surface area (Å²) in [5.41, 5.74) is 9.33. The van der Waals surface area contributed by atoms with Crippen molar-refractivity contribution in [2.45, 2.75) is 19.4 Å². The predicted molar refractivity (Wildman–Crippen MR) is 152 cm³/mol. The van der Waals surface area contributed by atoms with Gasteiger partial charge in [-0.25, -0.2) is 0 Å². The SMILES string of the molecule is CCN(CC)c1ccc2c(c1)-c1cc(N(C)C)ccc1C21Oc2ccccc2-c2oc3ccccc3c21. The van der Waals surface area contributed by atoms with Crippen molar-refractivity contribution in [2.75, 3.05) is 37.0 Å². The van der Waals surface area contributed by atoms with Crippen LogP contribution in [0.3, 0.4) is 0 Å². The molecule has 0 N–H and O–H groups in total. The highest BCUT2D eigenvalue weighted by molar-refractivity contribution is 5.97. The second-order valence-electron chi connectivity index (χ2n) is 10.1. The molecular weight excluding hydrogens is 456 g/mol. The second-order valence-corrected chi connectivity index (χ2v) is 10.1. The molecule has 4 heteroatoms. The number of nitrogens with zero attached hydrogens (tertiary/aromatic N) is 2. The monoisotopic (exact) mass is 486 g/mol. The van der Waals surface area contributed by atoms with Crippen LogP contribution >= 0.6 is 0 Å². The van der Waals surface area contributed by atoms with Crippen LogP contribution in [0.2, 0.25) is 0 Å². The Morgan fingerprint density at radius 1 is 0.703 bits per heavy atom. The zero-order valence-corrected chi connectivity index (χ0v) is 21.7. The first kappa shape index (κ1) is 22.1. The van der Waals surface area contributed by atoms with Gasteiger partial charge in [-0.3, -0.25) is 0 Å². The van der Waals surface area contributed by atoms with Gasteiger partial charge in [0.25, 0.3) is 0 Å². The normalized spacial score (nSPS) is 16.6. The fraction of sp³-hybridized carbons (Fsp3) is 0.212. The van der Waals surface area contributed by atoms with Gasteiger partial charge in [-0.2, -0.15) is 0 Å². The van der Waals surface area contributed by atoms with Gasteiger partial charge in [0.05, 0.1) is 11.1 Å². The average Bonchev–Trinajstić information content (AvgIpc) is 3.44. The van der Waals surface area contributed by atoms with Crippen LogP contribution in [0, 0.1) is 0 Å². The number of para-hydroxylation sites is 2. The van der Waals surface area contributed by atoms with Crippen LogP contribution in [0.15, 0.2) is 89.3 Å². The molecule has 37 heavy (non-hydrogen) atoms. The standard InChI is InChI=1S/C33H30N2O2/c1-5-35(6-2)22-16-18-28-26(20-22)25-19-21(34(3)4)15-17-27(25)33(28)31-23-11-7-9-13-29(23)36-32(31)24-12-8-10-14-30(24)37-33/h7-20H,5-6H2,1-4H3. The van der Waals surface area contributed by atoms with Crippen LogP contribution in [-0.4, -0.2) is 27.2 Å². The molecule has 1 aromatic heterocycles. The van der Waals surface area contributed by atoms with Gasteiger partial charge in [0.1, 0.15) is 17.1 Å². The van der Waals surface area contributed by atoms with Crippen molar-refractivity contribution in [3.63, 3.8) is 0 Å². The minimum Gasteiger partial charge on any atom is -0.472 e. The van der Waals surface area contributed by atoms with E-state index in [1.54, 1.807) is 0 Å². The van der Waals surface area contributed by atoms with E-state index in [4.69, 9.17) is 9.15 Å². The molecule has 1 aliphatic carbocycles. The quantitative estimate of drug-likeness (QED) is 0.261. The van der Waals surface area contributed by atoms with E-state index in [1.165, 1.54) is 22.5 Å². The highest BCUT2D eigenvalue weighted by atomic mass is 16.5. The van der Waals surface area contributed by atoms with Crippen molar-refractivity contribution in [3.8, 4) is 28.2 Å². The largest absolute Gasteiger partial charge is 0.472 e. The lowest BCUT2D eigenvalue weighted by molar-refractivity contribution is 0.156. The summed E-state index contributed by atoms with van der Waals surface area (Å²) in [6.45, 7) is 6.35. The third-order valence-electron chi connectivity index (χ3n) is 8.04. The zero-order chi connectivity index (χ0) is 25.3. The molecule has 1 atom stereocenters. The molecule has 0 saturated heterocycles. The number of furan rings is 1. The Balaban J connectivity index is 1.61. The number of benzene rings is 4. The number of anilines is 2. The lowest BCUT2D eigenvalue weighted by Gasteiger charge is -2.37. The molecule has 7 rings (SSSR count). The number of rotatable bonds is 4. The molecule has 1 unspecified atom stereocenters. The van der Waals surface area contributed by atoms with Crippen molar-refractivity contribution in [2.24, 2.45) is 0 Å². The molecule has 1 aliphatic heterocycles. The molecule has 0 radical (unpaired) electrons. The number of fused-ring (bicyclic) bond motifs is 11. The van der Waals surface area contributed by atoms with Gasteiger partial charge in [-0.15, -0.1) is 0 Å². The molecule has 2 heterocycles. The molecule has 0 bridgehead atoms. The smallest absolute Gasteiger partial charge is 0.190 e. The van der Waals surface area contributed by atoms with Crippen molar-refractivity contribution in [3.05, 3.63) is 102 Å². The molecule has 2 aliphatic rings. The summed E-state index contributed by atoms with van der Waals surface area (Å²) in [5, 5.41) is 1.09. The van der Waals surface area contributed by atoms with Crippen LogP contribution in [-0.2, 0) is 5.60 Å². The molecular formula is C33H30N2O2. The van der Waals surface area contributed by atoms with Gasteiger partial charge >= 0.3 is 0 Å². The van der Waals surface area contributed by atoms with Crippen molar-refractivity contribution < 1.29 is 9.15 Å². The van der Waals surface area contributed by atoms with Crippen molar-refractivity contribution in [1.29, 1.82) is 0 Å². The summed E-state index contributed by atoms with van der Waals surface area (Å²) in [6, 6.07) is 30.2. The summed E-state index contributed by atoms with van der Waals surface area (Å²) < 4.78 is 13.8. The highest BCUT2D eigenvalue weighted by Gasteiger charge is 2.53. The summed E-state index contributed by atoms with van der Waals surface area (Å²) in [4.78, 5) is 4.56. The lowest BCUT2D eigenvalue weighted by Crippen LogP contribution is -2.36. The Hall–Kier alpha value is -4.18.